The van der Waals surface area contributed by atoms with E-state index in [2.05, 4.69) is 38.5 Å². The Hall–Kier alpha value is -1.17. The number of ether oxygens (including phenoxy) is 1. The first kappa shape index (κ1) is 15.2. The van der Waals surface area contributed by atoms with E-state index in [4.69, 9.17) is 4.74 Å². The first-order chi connectivity index (χ1) is 9.69. The molecule has 5 heteroatoms. The molecule has 0 spiro atoms. The van der Waals surface area contributed by atoms with Crippen LogP contribution in [0.25, 0.3) is 0 Å². The number of halogens is 1. The van der Waals surface area contributed by atoms with Gasteiger partial charge in [-0.15, -0.1) is 0 Å². The van der Waals surface area contributed by atoms with Crippen LogP contribution in [0.4, 0.5) is 0 Å². The second-order valence-corrected chi connectivity index (χ2v) is 5.41. The summed E-state index contributed by atoms with van der Waals surface area (Å²) in [4.78, 5) is 0. The molecule has 0 aliphatic heterocycles. The number of aromatic nitrogens is 2. The lowest BCUT2D eigenvalue weighted by Gasteiger charge is -2.27. The second kappa shape index (κ2) is 7.02. The molecule has 2 aromatic rings. The number of benzene rings is 1. The van der Waals surface area contributed by atoms with Crippen molar-refractivity contribution in [3.8, 4) is 0 Å². The fraction of sp³-hybridized carbons (Fsp3) is 0.400. The van der Waals surface area contributed by atoms with Crippen LogP contribution in [0.5, 0.6) is 0 Å². The maximum absolute atomic E-state index is 5.99. The molecule has 0 aliphatic carbocycles. The summed E-state index contributed by atoms with van der Waals surface area (Å²) in [7, 11) is 3.89. The smallest absolute Gasteiger partial charge is 0.103 e. The van der Waals surface area contributed by atoms with E-state index in [0.717, 1.165) is 15.7 Å². The largest absolute Gasteiger partial charge is 0.372 e. The summed E-state index contributed by atoms with van der Waals surface area (Å²) >= 11 is 3.57. The van der Waals surface area contributed by atoms with E-state index in [1.165, 1.54) is 0 Å². The molecule has 1 heterocycles. The first-order valence-corrected chi connectivity index (χ1v) is 7.49. The third-order valence-corrected chi connectivity index (χ3v) is 3.93. The molecule has 108 valence electrons. The topological polar surface area (TPSA) is 39.1 Å². The average Bonchev–Trinajstić information content (AvgIpc) is 2.80. The fourth-order valence-corrected chi connectivity index (χ4v) is 3.00. The molecule has 0 amide bonds. The van der Waals surface area contributed by atoms with Gasteiger partial charge in [0.05, 0.1) is 22.4 Å². The lowest BCUT2D eigenvalue weighted by molar-refractivity contribution is 0.0325. The summed E-state index contributed by atoms with van der Waals surface area (Å²) in [6.45, 7) is 2.67. The van der Waals surface area contributed by atoms with Gasteiger partial charge < -0.3 is 10.1 Å². The van der Waals surface area contributed by atoms with Crippen LogP contribution in [-0.4, -0.2) is 23.4 Å². The summed E-state index contributed by atoms with van der Waals surface area (Å²) in [5.74, 6) is 0. The molecule has 20 heavy (non-hydrogen) atoms. The maximum atomic E-state index is 5.99. The molecule has 2 unspecified atom stereocenters. The molecular weight excluding hydrogens is 318 g/mol. The molecule has 0 aliphatic rings. The minimum absolute atomic E-state index is 0.0271. The quantitative estimate of drug-likeness (QED) is 0.879. The van der Waals surface area contributed by atoms with Crippen LogP contribution < -0.4 is 5.32 Å². The Kier molecular flexibility index (Phi) is 5.34. The lowest BCUT2D eigenvalue weighted by atomic mass is 9.99. The van der Waals surface area contributed by atoms with Crippen molar-refractivity contribution in [2.24, 2.45) is 7.05 Å². The van der Waals surface area contributed by atoms with Crippen molar-refractivity contribution < 1.29 is 4.74 Å². The van der Waals surface area contributed by atoms with Crippen molar-refractivity contribution in [2.75, 3.05) is 13.7 Å². The predicted octanol–water partition coefficient (Wildman–Crippen LogP) is 3.22. The Balaban J connectivity index is 2.41. The Morgan fingerprint density at radius 2 is 2.05 bits per heavy atom. The van der Waals surface area contributed by atoms with Gasteiger partial charge in [0, 0.05) is 13.7 Å². The van der Waals surface area contributed by atoms with Gasteiger partial charge in [0.2, 0.25) is 0 Å². The highest BCUT2D eigenvalue weighted by molar-refractivity contribution is 9.10. The highest BCUT2D eigenvalue weighted by Gasteiger charge is 2.28. The van der Waals surface area contributed by atoms with Crippen molar-refractivity contribution >= 4 is 15.9 Å². The Morgan fingerprint density at radius 1 is 1.35 bits per heavy atom. The van der Waals surface area contributed by atoms with Gasteiger partial charge in [-0.25, -0.2) is 0 Å². The molecule has 1 aromatic heterocycles. The third-order valence-electron chi connectivity index (χ3n) is 3.32. The highest BCUT2D eigenvalue weighted by Crippen LogP contribution is 2.34. The van der Waals surface area contributed by atoms with Gasteiger partial charge in [-0.3, -0.25) is 4.68 Å². The first-order valence-electron chi connectivity index (χ1n) is 6.70. The molecule has 1 aromatic carbocycles. The van der Waals surface area contributed by atoms with Gasteiger partial charge in [0.25, 0.3) is 0 Å². The zero-order valence-corrected chi connectivity index (χ0v) is 13.6. The normalized spacial score (nSPS) is 14.2. The molecule has 2 rings (SSSR count). The lowest BCUT2D eigenvalue weighted by Crippen LogP contribution is -2.28. The van der Waals surface area contributed by atoms with Crippen molar-refractivity contribution in [2.45, 2.75) is 19.1 Å². The van der Waals surface area contributed by atoms with Crippen LogP contribution >= 0.6 is 15.9 Å². The molecule has 1 N–H and O–H groups in total. The van der Waals surface area contributed by atoms with Gasteiger partial charge in [0.15, 0.2) is 0 Å². The van der Waals surface area contributed by atoms with Crippen LogP contribution in [-0.2, 0) is 11.8 Å². The number of aryl methyl sites for hydroxylation is 1. The Labute approximate surface area is 128 Å². The summed E-state index contributed by atoms with van der Waals surface area (Å²) in [6.07, 6.45) is 1.76. The van der Waals surface area contributed by atoms with Crippen LogP contribution in [0.1, 0.15) is 30.3 Å². The predicted molar refractivity (Wildman–Crippen MR) is 83.5 cm³/mol. The van der Waals surface area contributed by atoms with E-state index < -0.39 is 0 Å². The zero-order chi connectivity index (χ0) is 14.5. The summed E-state index contributed by atoms with van der Waals surface area (Å²) in [6, 6.07) is 10.3. The molecule has 0 fully saturated rings. The van der Waals surface area contributed by atoms with Gasteiger partial charge in [-0.2, -0.15) is 5.10 Å². The maximum Gasteiger partial charge on any atom is 0.103 e. The molecule has 0 saturated carbocycles. The van der Waals surface area contributed by atoms with Crippen molar-refractivity contribution in [3.05, 3.63) is 52.3 Å². The molecule has 2 atom stereocenters. The SMILES string of the molecule is CCOC(c1ccccc1)C(NC)c1c(Br)cnn1C. The van der Waals surface area contributed by atoms with E-state index in [9.17, 15) is 0 Å². The van der Waals surface area contributed by atoms with Crippen LogP contribution in [0.3, 0.4) is 0 Å². The van der Waals surface area contributed by atoms with E-state index in [-0.39, 0.29) is 12.1 Å². The fourth-order valence-electron chi connectivity index (χ4n) is 2.41. The van der Waals surface area contributed by atoms with E-state index >= 15 is 0 Å². The molecule has 4 nitrogen and oxygen atoms in total. The Morgan fingerprint density at radius 3 is 2.55 bits per heavy atom. The highest BCUT2D eigenvalue weighted by atomic mass is 79.9. The van der Waals surface area contributed by atoms with E-state index in [0.29, 0.717) is 6.61 Å². The molecule has 0 radical (unpaired) electrons. The number of nitrogens with one attached hydrogen (secondary N) is 1. The van der Waals surface area contributed by atoms with Crippen LogP contribution in [0.2, 0.25) is 0 Å². The molecule has 0 bridgehead atoms. The second-order valence-electron chi connectivity index (χ2n) is 4.55. The average molecular weight is 338 g/mol. The summed E-state index contributed by atoms with van der Waals surface area (Å²) in [5.41, 5.74) is 2.23. The van der Waals surface area contributed by atoms with Gasteiger partial charge in [0.1, 0.15) is 6.10 Å². The number of nitrogens with zero attached hydrogens (tertiary/aromatic N) is 2. The Bertz CT molecular complexity index is 522. The van der Waals surface area contributed by atoms with Crippen molar-refractivity contribution in [1.29, 1.82) is 0 Å². The number of likely N-dealkylation sites (N-methyl/N-ethyl adjacent to an activating group) is 1. The van der Waals surface area contributed by atoms with E-state index in [1.807, 2.05) is 50.1 Å². The van der Waals surface area contributed by atoms with Crippen LogP contribution in [0, 0.1) is 0 Å². The standard InChI is InChI=1S/C15H20BrN3O/c1-4-20-15(11-8-6-5-7-9-11)13(17-2)14-12(16)10-18-19(14)3/h5-10,13,15,17H,4H2,1-3H3. The number of rotatable bonds is 6. The molecule has 0 saturated heterocycles. The molecular formula is C15H20BrN3O. The van der Waals surface area contributed by atoms with Crippen LogP contribution in [0.15, 0.2) is 41.0 Å². The third kappa shape index (κ3) is 3.11. The zero-order valence-electron chi connectivity index (χ0n) is 12.0. The van der Waals surface area contributed by atoms with Crippen molar-refractivity contribution in [1.82, 2.24) is 15.1 Å². The van der Waals surface area contributed by atoms with Gasteiger partial charge in [-0.1, -0.05) is 30.3 Å². The number of hydrogen-bond acceptors (Lipinski definition) is 3. The number of hydrogen-bond donors (Lipinski definition) is 1. The summed E-state index contributed by atoms with van der Waals surface area (Å²) in [5, 5.41) is 7.65. The minimum atomic E-state index is -0.0575. The minimum Gasteiger partial charge on any atom is -0.372 e. The summed E-state index contributed by atoms with van der Waals surface area (Å²) < 4.78 is 8.85. The van der Waals surface area contributed by atoms with E-state index in [1.54, 1.807) is 0 Å². The van der Waals surface area contributed by atoms with Crippen molar-refractivity contribution in [3.63, 3.8) is 0 Å². The monoisotopic (exact) mass is 337 g/mol. The van der Waals surface area contributed by atoms with Gasteiger partial charge >= 0.3 is 0 Å². The van der Waals surface area contributed by atoms with Gasteiger partial charge in [-0.05, 0) is 35.5 Å².